The summed E-state index contributed by atoms with van der Waals surface area (Å²) in [4.78, 5) is 19.1. The molecule has 1 fully saturated rings. The lowest BCUT2D eigenvalue weighted by atomic mass is 10.1. The highest BCUT2D eigenvalue weighted by molar-refractivity contribution is 6.34. The van der Waals surface area contributed by atoms with E-state index in [1.54, 1.807) is 31.2 Å². The topological polar surface area (TPSA) is 191 Å². The summed E-state index contributed by atoms with van der Waals surface area (Å²) < 4.78 is 0. The van der Waals surface area contributed by atoms with Crippen LogP contribution in [0.4, 0.5) is 11.5 Å². The highest BCUT2D eigenvalue weighted by Gasteiger charge is 2.28. The first-order chi connectivity index (χ1) is 16.1. The third-order valence-corrected chi connectivity index (χ3v) is 5.73. The van der Waals surface area contributed by atoms with Gasteiger partial charge in [-0.15, -0.1) is 0 Å². The van der Waals surface area contributed by atoms with Crippen molar-refractivity contribution in [2.75, 3.05) is 29.6 Å². The van der Waals surface area contributed by atoms with E-state index in [4.69, 9.17) is 39.4 Å². The van der Waals surface area contributed by atoms with Gasteiger partial charge in [0.25, 0.3) is 5.91 Å². The third kappa shape index (κ3) is 5.68. The van der Waals surface area contributed by atoms with E-state index in [1.807, 2.05) is 4.90 Å². The number of benzene rings is 1. The van der Waals surface area contributed by atoms with E-state index in [1.165, 1.54) is 11.2 Å². The Kier molecular flexibility index (Phi) is 7.82. The van der Waals surface area contributed by atoms with Crippen LogP contribution in [0, 0.1) is 12.3 Å². The lowest BCUT2D eigenvalue weighted by molar-refractivity contribution is 0.0940. The van der Waals surface area contributed by atoms with Gasteiger partial charge in [-0.3, -0.25) is 15.2 Å². The van der Waals surface area contributed by atoms with Crippen LogP contribution in [0.1, 0.15) is 34.5 Å². The van der Waals surface area contributed by atoms with Gasteiger partial charge < -0.3 is 31.9 Å². The Morgan fingerprint density at radius 2 is 2.12 bits per heavy atom. The number of aliphatic hydroxyl groups is 1. The summed E-state index contributed by atoms with van der Waals surface area (Å²) in [6.07, 6.45) is 2.39. The average Bonchev–Trinajstić information content (AvgIpc) is 3.22. The zero-order valence-corrected chi connectivity index (χ0v) is 19.5. The molecule has 1 atom stereocenters. The molecule has 0 bridgehead atoms. The molecule has 2 heterocycles. The molecule has 11 nitrogen and oxygen atoms in total. The summed E-state index contributed by atoms with van der Waals surface area (Å²) in [6, 6.07) is 6.13. The van der Waals surface area contributed by atoms with Crippen LogP contribution in [-0.2, 0) is 0 Å². The molecule has 182 valence electrons. The normalized spacial score (nSPS) is 15.9. The second-order valence-corrected chi connectivity index (χ2v) is 8.46. The molecule has 34 heavy (non-hydrogen) atoms. The van der Waals surface area contributed by atoms with E-state index in [9.17, 15) is 9.90 Å². The maximum atomic E-state index is 12.8. The number of aromatic nitrogens is 1. The van der Waals surface area contributed by atoms with Gasteiger partial charge in [-0.05, 0) is 37.6 Å². The quantitative estimate of drug-likeness (QED) is 0.122. The van der Waals surface area contributed by atoms with E-state index >= 15 is 0 Å². The molecular weight excluding hydrogens is 460 g/mol. The maximum Gasteiger partial charge on any atom is 0.253 e. The fraction of sp³-hybridized carbons (Fsp3) is 0.318. The lowest BCUT2D eigenvalue weighted by Crippen LogP contribution is -2.37. The number of rotatable bonds is 8. The smallest absolute Gasteiger partial charge is 0.253 e. The van der Waals surface area contributed by atoms with E-state index in [0.29, 0.717) is 48.0 Å². The minimum Gasteiger partial charge on any atom is -0.504 e. The van der Waals surface area contributed by atoms with Crippen LogP contribution >= 0.6 is 11.6 Å². The van der Waals surface area contributed by atoms with Gasteiger partial charge >= 0.3 is 0 Å². The number of pyridine rings is 1. The average molecular weight is 489 g/mol. The van der Waals surface area contributed by atoms with Crippen molar-refractivity contribution in [2.45, 2.75) is 25.8 Å². The molecular formula is C22H29ClN8O3. The first kappa shape index (κ1) is 25.1. The molecule has 1 aliphatic rings. The Hall–Kier alpha value is -3.54. The van der Waals surface area contributed by atoms with Crippen molar-refractivity contribution < 1.29 is 15.0 Å². The van der Waals surface area contributed by atoms with Crippen LogP contribution in [0.15, 0.2) is 36.2 Å². The summed E-state index contributed by atoms with van der Waals surface area (Å²) in [5.41, 5.74) is 13.4. The Morgan fingerprint density at radius 1 is 1.38 bits per heavy atom. The van der Waals surface area contributed by atoms with Gasteiger partial charge in [0.15, 0.2) is 11.6 Å². The molecule has 1 aliphatic heterocycles. The van der Waals surface area contributed by atoms with Crippen LogP contribution in [0.3, 0.4) is 0 Å². The van der Waals surface area contributed by atoms with E-state index in [2.05, 4.69) is 10.3 Å². The summed E-state index contributed by atoms with van der Waals surface area (Å²) in [7, 11) is 0. The van der Waals surface area contributed by atoms with Gasteiger partial charge in [-0.25, -0.2) is 10.8 Å². The molecule has 3 rings (SSSR count). The number of aryl methyl sites for hydroxylation is 1. The maximum absolute atomic E-state index is 12.8. The molecule has 1 amide bonds. The lowest BCUT2D eigenvalue weighted by Gasteiger charge is -2.21. The first-order valence-electron chi connectivity index (χ1n) is 10.6. The van der Waals surface area contributed by atoms with Crippen molar-refractivity contribution in [1.82, 2.24) is 10.3 Å². The minimum absolute atomic E-state index is 0.0912. The molecule has 0 radical (unpaired) electrons. The molecule has 0 spiro atoms. The fourth-order valence-electron chi connectivity index (χ4n) is 3.70. The number of nitrogens with one attached hydrogen (secondary N) is 2. The van der Waals surface area contributed by atoms with Crippen LogP contribution in [0.25, 0.3) is 0 Å². The molecule has 1 unspecified atom stereocenters. The highest BCUT2D eigenvalue weighted by atomic mass is 35.5. The van der Waals surface area contributed by atoms with Crippen molar-refractivity contribution >= 4 is 34.8 Å². The third-order valence-electron chi connectivity index (χ3n) is 5.42. The molecule has 1 aromatic carbocycles. The Morgan fingerprint density at radius 3 is 2.76 bits per heavy atom. The second-order valence-electron chi connectivity index (χ2n) is 8.05. The second kappa shape index (κ2) is 10.6. The SMILES string of the molecule is Cc1cc(C(=N)N)c(O)c(N2CCC(NC(=O)c3ccc(N(N)/C=C(\N)CCO)cc3Cl)C2)n1. The molecule has 2 aromatic rings. The van der Waals surface area contributed by atoms with Gasteiger partial charge in [0.1, 0.15) is 5.84 Å². The Labute approximate surface area is 202 Å². The molecule has 10 N–H and O–H groups in total. The Bertz CT molecular complexity index is 1120. The fourth-order valence-corrected chi connectivity index (χ4v) is 3.97. The number of amidine groups is 1. The van der Waals surface area contributed by atoms with E-state index in [0.717, 1.165) is 0 Å². The molecule has 0 aliphatic carbocycles. The number of carbonyl (C=O) groups is 1. The van der Waals surface area contributed by atoms with Crippen LogP contribution < -0.4 is 32.5 Å². The van der Waals surface area contributed by atoms with Crippen LogP contribution in [0.2, 0.25) is 5.02 Å². The summed E-state index contributed by atoms with van der Waals surface area (Å²) in [5.74, 6) is 5.56. The van der Waals surface area contributed by atoms with Gasteiger partial charge in [0.05, 0.1) is 21.8 Å². The number of halogens is 1. The van der Waals surface area contributed by atoms with E-state index < -0.39 is 0 Å². The van der Waals surface area contributed by atoms with Gasteiger partial charge in [0.2, 0.25) is 0 Å². The number of nitrogens with two attached hydrogens (primary N) is 3. The number of hydrogen-bond acceptors (Lipinski definition) is 9. The minimum atomic E-state index is -0.340. The highest BCUT2D eigenvalue weighted by Crippen LogP contribution is 2.32. The molecule has 12 heteroatoms. The number of aromatic hydroxyl groups is 1. The zero-order chi connectivity index (χ0) is 25.0. The van der Waals surface area contributed by atoms with E-state index in [-0.39, 0.29) is 47.1 Å². The number of carbonyl (C=O) groups excluding carboxylic acids is 1. The monoisotopic (exact) mass is 488 g/mol. The molecule has 1 saturated heterocycles. The van der Waals surface area contributed by atoms with Gasteiger partial charge in [0, 0.05) is 49.7 Å². The standard InChI is InChI=1S/C22H29ClN8O3/c1-12-8-17(20(25)26)19(33)21(28-12)30-6-4-14(11-30)29-22(34)16-3-2-15(9-18(16)23)31(27)10-13(24)5-7-32/h2-3,8-10,14,32-33H,4-7,11,24,27H2,1H3,(H3,25,26)(H,29,34)/b13-10-. The predicted molar refractivity (Wildman–Crippen MR) is 132 cm³/mol. The van der Waals surface area contributed by atoms with Crippen LogP contribution in [-0.4, -0.2) is 52.7 Å². The number of amides is 1. The number of aliphatic hydroxyl groups excluding tert-OH is 1. The van der Waals surface area contributed by atoms with Crippen molar-refractivity contribution in [3.63, 3.8) is 0 Å². The number of nitrogens with zero attached hydrogens (tertiary/aromatic N) is 3. The summed E-state index contributed by atoms with van der Waals surface area (Å²) >= 11 is 6.34. The van der Waals surface area contributed by atoms with Gasteiger partial charge in [-0.1, -0.05) is 11.6 Å². The number of anilines is 2. The van der Waals surface area contributed by atoms with Crippen molar-refractivity contribution in [1.29, 1.82) is 5.41 Å². The first-order valence-corrected chi connectivity index (χ1v) is 11.0. The Balaban J connectivity index is 1.68. The zero-order valence-electron chi connectivity index (χ0n) is 18.8. The molecule has 1 aromatic heterocycles. The largest absolute Gasteiger partial charge is 0.504 e. The van der Waals surface area contributed by atoms with Crippen molar-refractivity contribution in [3.05, 3.63) is 58.0 Å². The van der Waals surface area contributed by atoms with Crippen molar-refractivity contribution in [2.24, 2.45) is 17.3 Å². The van der Waals surface area contributed by atoms with Crippen LogP contribution in [0.5, 0.6) is 5.75 Å². The predicted octanol–water partition coefficient (Wildman–Crippen LogP) is 0.904. The molecule has 0 saturated carbocycles. The number of nitrogen functional groups attached to an aromatic ring is 1. The number of hydrogen-bond donors (Lipinski definition) is 7. The van der Waals surface area contributed by atoms with Crippen molar-refractivity contribution in [3.8, 4) is 5.75 Å². The number of hydrazine groups is 1. The van der Waals surface area contributed by atoms with Gasteiger partial charge in [-0.2, -0.15) is 0 Å². The summed E-state index contributed by atoms with van der Waals surface area (Å²) in [6.45, 7) is 2.65. The summed E-state index contributed by atoms with van der Waals surface area (Å²) in [5, 5.41) is 31.6.